The van der Waals surface area contributed by atoms with Crippen molar-refractivity contribution in [2.45, 2.75) is 39.0 Å². The second-order valence-corrected chi connectivity index (χ2v) is 8.57. The molecule has 0 unspecified atom stereocenters. The molecule has 0 radical (unpaired) electrons. The summed E-state index contributed by atoms with van der Waals surface area (Å²) in [4.78, 5) is 27.0. The number of fused-ring (bicyclic) bond motifs is 3. The summed E-state index contributed by atoms with van der Waals surface area (Å²) >= 11 is 1.75. The van der Waals surface area contributed by atoms with E-state index in [1.165, 1.54) is 29.5 Å². The summed E-state index contributed by atoms with van der Waals surface area (Å²) in [5.41, 5.74) is 8.35. The van der Waals surface area contributed by atoms with Crippen LogP contribution in [0.1, 0.15) is 42.2 Å². The number of anilines is 3. The van der Waals surface area contributed by atoms with Gasteiger partial charge < -0.3 is 26.1 Å². The lowest BCUT2D eigenvalue weighted by atomic mass is 9.97. The topological polar surface area (TPSA) is 130 Å². The van der Waals surface area contributed by atoms with E-state index in [1.807, 2.05) is 6.92 Å². The molecule has 0 saturated heterocycles. The SMILES string of the molecule is CCCN(C)C=O.COc1nc(N)c(C=N)cc1Nc1ncnc2sc3c(c12)CCCC3. The van der Waals surface area contributed by atoms with E-state index in [9.17, 15) is 4.79 Å². The third-order valence-electron chi connectivity index (χ3n) is 5.16. The number of aryl methyl sites for hydroxylation is 2. The minimum atomic E-state index is 0.262. The highest BCUT2D eigenvalue weighted by atomic mass is 32.1. The minimum absolute atomic E-state index is 0.262. The number of hydrogen-bond donors (Lipinski definition) is 3. The van der Waals surface area contributed by atoms with Crippen molar-refractivity contribution in [1.82, 2.24) is 19.9 Å². The van der Waals surface area contributed by atoms with Crippen molar-refractivity contribution in [2.24, 2.45) is 0 Å². The van der Waals surface area contributed by atoms with Crippen molar-refractivity contribution in [3.05, 3.63) is 28.4 Å². The molecule has 0 atom stereocenters. The average molecular weight is 456 g/mol. The van der Waals surface area contributed by atoms with E-state index in [4.69, 9.17) is 15.9 Å². The van der Waals surface area contributed by atoms with E-state index >= 15 is 0 Å². The van der Waals surface area contributed by atoms with Crippen LogP contribution in [0.25, 0.3) is 10.2 Å². The van der Waals surface area contributed by atoms with Crippen molar-refractivity contribution < 1.29 is 9.53 Å². The molecule has 4 N–H and O–H groups in total. The van der Waals surface area contributed by atoms with Crippen LogP contribution in [0, 0.1) is 5.41 Å². The maximum Gasteiger partial charge on any atom is 0.239 e. The van der Waals surface area contributed by atoms with Crippen LogP contribution < -0.4 is 15.8 Å². The monoisotopic (exact) mass is 455 g/mol. The van der Waals surface area contributed by atoms with Crippen molar-refractivity contribution in [2.75, 3.05) is 31.8 Å². The molecule has 0 spiro atoms. The number of carbonyl (C=O) groups excluding carboxylic acids is 1. The van der Waals surface area contributed by atoms with Crippen molar-refractivity contribution >= 4 is 51.5 Å². The first kappa shape index (κ1) is 23.4. The molecule has 0 fully saturated rings. The predicted octanol–water partition coefficient (Wildman–Crippen LogP) is 3.78. The number of rotatable bonds is 7. The molecular weight excluding hydrogens is 426 g/mol. The number of nitrogen functional groups attached to an aromatic ring is 1. The molecule has 1 aliphatic rings. The van der Waals surface area contributed by atoms with Crippen molar-refractivity contribution in [3.8, 4) is 5.88 Å². The molecule has 3 aromatic rings. The van der Waals surface area contributed by atoms with Crippen LogP contribution in [0.5, 0.6) is 5.88 Å². The van der Waals surface area contributed by atoms with E-state index in [1.54, 1.807) is 42.8 Å². The van der Waals surface area contributed by atoms with Crippen LogP contribution >= 0.6 is 11.3 Å². The van der Waals surface area contributed by atoms with Crippen LogP contribution in [-0.2, 0) is 17.6 Å². The second-order valence-electron chi connectivity index (χ2n) is 7.49. The Hall–Kier alpha value is -3.27. The molecular formula is C22H29N7O2S. The number of carbonyl (C=O) groups is 1. The number of nitrogens with two attached hydrogens (primary N) is 1. The van der Waals surface area contributed by atoms with Crippen molar-refractivity contribution in [3.63, 3.8) is 0 Å². The molecule has 3 aromatic heterocycles. The third-order valence-corrected chi connectivity index (χ3v) is 6.36. The molecule has 0 aliphatic heterocycles. The fraction of sp³-hybridized carbons (Fsp3) is 0.409. The number of amides is 1. The van der Waals surface area contributed by atoms with E-state index in [2.05, 4.69) is 20.3 Å². The summed E-state index contributed by atoms with van der Waals surface area (Å²) < 4.78 is 5.33. The smallest absolute Gasteiger partial charge is 0.239 e. The normalized spacial score (nSPS) is 12.3. The largest absolute Gasteiger partial charge is 0.479 e. The van der Waals surface area contributed by atoms with Crippen LogP contribution in [0.3, 0.4) is 0 Å². The van der Waals surface area contributed by atoms with Gasteiger partial charge in [0.15, 0.2) is 0 Å². The molecule has 0 aromatic carbocycles. The molecule has 1 amide bonds. The summed E-state index contributed by atoms with van der Waals surface area (Å²) in [5, 5.41) is 11.9. The van der Waals surface area contributed by atoms with Gasteiger partial charge >= 0.3 is 0 Å². The van der Waals surface area contributed by atoms with Gasteiger partial charge in [0.1, 0.15) is 28.5 Å². The van der Waals surface area contributed by atoms with Gasteiger partial charge in [-0.15, -0.1) is 11.3 Å². The quantitative estimate of drug-likeness (QED) is 0.365. The molecule has 3 heterocycles. The number of nitrogens with zero attached hydrogens (tertiary/aromatic N) is 4. The first-order valence-corrected chi connectivity index (χ1v) is 11.4. The highest BCUT2D eigenvalue weighted by Crippen LogP contribution is 2.39. The predicted molar refractivity (Wildman–Crippen MR) is 129 cm³/mol. The first-order chi connectivity index (χ1) is 15.5. The Labute approximate surface area is 191 Å². The van der Waals surface area contributed by atoms with Gasteiger partial charge in [-0.1, -0.05) is 6.92 Å². The zero-order valence-corrected chi connectivity index (χ0v) is 19.5. The minimum Gasteiger partial charge on any atom is -0.479 e. The summed E-state index contributed by atoms with van der Waals surface area (Å²) in [5.74, 6) is 1.38. The number of methoxy groups -OCH3 is 1. The number of hydrogen-bond acceptors (Lipinski definition) is 9. The highest BCUT2D eigenvalue weighted by molar-refractivity contribution is 7.19. The number of ether oxygens (including phenoxy) is 1. The molecule has 170 valence electrons. The molecule has 10 heteroatoms. The fourth-order valence-electron chi connectivity index (χ4n) is 3.60. The van der Waals surface area contributed by atoms with E-state index in [0.29, 0.717) is 17.1 Å². The first-order valence-electron chi connectivity index (χ1n) is 10.5. The Balaban J connectivity index is 0.000000360. The Morgan fingerprint density at radius 3 is 2.78 bits per heavy atom. The lowest BCUT2D eigenvalue weighted by Crippen LogP contribution is -2.15. The number of aromatic nitrogens is 3. The Kier molecular flexibility index (Phi) is 7.93. The summed E-state index contributed by atoms with van der Waals surface area (Å²) in [6.45, 7) is 2.91. The Bertz CT molecular complexity index is 1100. The van der Waals surface area contributed by atoms with Crippen LogP contribution in [0.15, 0.2) is 12.4 Å². The van der Waals surface area contributed by atoms with Crippen LogP contribution in [0.4, 0.5) is 17.3 Å². The Morgan fingerprint density at radius 2 is 2.12 bits per heavy atom. The number of thiophene rings is 1. The lowest BCUT2D eigenvalue weighted by molar-refractivity contribution is -0.117. The van der Waals surface area contributed by atoms with Gasteiger partial charge in [-0.3, -0.25) is 4.79 Å². The Morgan fingerprint density at radius 1 is 1.34 bits per heavy atom. The van der Waals surface area contributed by atoms with Gasteiger partial charge in [-0.25, -0.2) is 9.97 Å². The highest BCUT2D eigenvalue weighted by Gasteiger charge is 2.21. The maximum absolute atomic E-state index is 9.82. The number of nitrogens with one attached hydrogen (secondary N) is 2. The molecule has 0 saturated carbocycles. The van der Waals surface area contributed by atoms with Crippen LogP contribution in [-0.4, -0.2) is 53.2 Å². The molecule has 1 aliphatic carbocycles. The van der Waals surface area contributed by atoms with Gasteiger partial charge in [0.25, 0.3) is 0 Å². The molecule has 32 heavy (non-hydrogen) atoms. The molecule has 4 rings (SSSR count). The molecule has 0 bridgehead atoms. The van der Waals surface area contributed by atoms with Crippen molar-refractivity contribution in [1.29, 1.82) is 5.41 Å². The zero-order valence-electron chi connectivity index (χ0n) is 18.6. The average Bonchev–Trinajstić information content (AvgIpc) is 3.20. The van der Waals surface area contributed by atoms with Gasteiger partial charge in [-0.2, -0.15) is 4.98 Å². The van der Waals surface area contributed by atoms with E-state index < -0.39 is 0 Å². The standard InChI is InChI=1S/C17H18N6OS.C5H11NO/c1-24-16-11(6-9(7-18)14(19)23-16)22-15-13-10-4-2-3-5-12(10)25-17(13)21-8-20-15;1-3-4-6(2)5-7/h6-8,18H,2-5H2,1H3,(H2,19,23)(H,20,21,22);5H,3-4H2,1-2H3. The van der Waals surface area contributed by atoms with Gasteiger partial charge in [0.2, 0.25) is 12.3 Å². The van der Waals surface area contributed by atoms with E-state index in [0.717, 1.165) is 48.3 Å². The summed E-state index contributed by atoms with van der Waals surface area (Å²) in [6, 6.07) is 1.75. The van der Waals surface area contributed by atoms with Crippen LogP contribution in [0.2, 0.25) is 0 Å². The fourth-order valence-corrected chi connectivity index (χ4v) is 4.83. The maximum atomic E-state index is 9.82. The van der Waals surface area contributed by atoms with Gasteiger partial charge in [0.05, 0.1) is 12.5 Å². The molecule has 9 nitrogen and oxygen atoms in total. The van der Waals surface area contributed by atoms with Gasteiger partial charge in [-0.05, 0) is 43.7 Å². The second kappa shape index (κ2) is 10.9. The van der Waals surface area contributed by atoms with Gasteiger partial charge in [0, 0.05) is 30.2 Å². The lowest BCUT2D eigenvalue weighted by Gasteiger charge is -2.14. The van der Waals surface area contributed by atoms with E-state index in [-0.39, 0.29) is 5.82 Å². The summed E-state index contributed by atoms with van der Waals surface area (Å²) in [6.07, 6.45) is 9.21. The number of pyridine rings is 1. The third kappa shape index (κ3) is 5.13. The summed E-state index contributed by atoms with van der Waals surface area (Å²) in [7, 11) is 3.32. The zero-order chi connectivity index (χ0) is 23.1.